The van der Waals surface area contributed by atoms with Gasteiger partial charge in [-0.25, -0.2) is 4.79 Å². The first kappa shape index (κ1) is 16.4. The van der Waals surface area contributed by atoms with E-state index >= 15 is 0 Å². The number of hydrogen-bond donors (Lipinski definition) is 5. The van der Waals surface area contributed by atoms with Crippen molar-refractivity contribution in [2.45, 2.75) is 31.3 Å². The number of carbonyl (C=O) groups excluding carboxylic acids is 2. The summed E-state index contributed by atoms with van der Waals surface area (Å²) in [7, 11) is 0. The molecule has 0 heterocycles. The zero-order valence-corrected chi connectivity index (χ0v) is 9.66. The number of hydrogen-bond acceptors (Lipinski definition) is 7. The number of nitrogens with two attached hydrogens (primary N) is 1. The number of carbonyl (C=O) groups is 3. The van der Waals surface area contributed by atoms with Crippen LogP contribution in [0.5, 0.6) is 0 Å². The summed E-state index contributed by atoms with van der Waals surface area (Å²) in [6, 6.07) is 0. The molecule has 0 aliphatic heterocycles. The molecule has 18 heavy (non-hydrogen) atoms. The number of aliphatic carboxylic acids is 1. The normalized spacial score (nSPS) is 15.9. The lowest BCUT2D eigenvalue weighted by Crippen LogP contribution is -2.66. The minimum absolute atomic E-state index is 0.0264. The molecular formula is C10H15NO7. The van der Waals surface area contributed by atoms with Crippen molar-refractivity contribution in [2.75, 3.05) is 0 Å². The summed E-state index contributed by atoms with van der Waals surface area (Å²) in [5.41, 5.74) is 1.77. The Morgan fingerprint density at radius 3 is 2.17 bits per heavy atom. The summed E-state index contributed by atoms with van der Waals surface area (Å²) >= 11 is 0. The smallest absolute Gasteiger partial charge is 0.356 e. The van der Waals surface area contributed by atoms with Gasteiger partial charge in [0.15, 0.2) is 5.78 Å². The van der Waals surface area contributed by atoms with Gasteiger partial charge in [-0.2, -0.15) is 0 Å². The van der Waals surface area contributed by atoms with Crippen molar-refractivity contribution in [3.05, 3.63) is 11.6 Å². The highest BCUT2D eigenvalue weighted by molar-refractivity contribution is 5.92. The third kappa shape index (κ3) is 4.00. The van der Waals surface area contributed by atoms with Crippen molar-refractivity contribution in [2.24, 2.45) is 5.73 Å². The van der Waals surface area contributed by atoms with Crippen molar-refractivity contribution in [3.63, 3.8) is 0 Å². The fourth-order valence-corrected chi connectivity index (χ4v) is 1.07. The van der Waals surface area contributed by atoms with E-state index in [1.54, 1.807) is 0 Å². The average molecular weight is 261 g/mol. The van der Waals surface area contributed by atoms with E-state index in [1.807, 2.05) is 0 Å². The molecule has 0 aliphatic rings. The van der Waals surface area contributed by atoms with E-state index < -0.39 is 29.7 Å². The lowest BCUT2D eigenvalue weighted by Gasteiger charge is -2.31. The SMILES string of the molecule is C/C(=C/C(=O)CC(O)(O)C(N)(O)C(=O)O)CC=O. The zero-order chi connectivity index (χ0) is 14.6. The molecule has 8 nitrogen and oxygen atoms in total. The van der Waals surface area contributed by atoms with Crippen LogP contribution >= 0.6 is 0 Å². The fourth-order valence-electron chi connectivity index (χ4n) is 1.07. The molecule has 102 valence electrons. The van der Waals surface area contributed by atoms with E-state index in [0.717, 1.165) is 6.08 Å². The predicted octanol–water partition coefficient (Wildman–Crippen LogP) is -2.11. The van der Waals surface area contributed by atoms with Crippen molar-refractivity contribution < 1.29 is 34.8 Å². The van der Waals surface area contributed by atoms with Crippen molar-refractivity contribution in [1.29, 1.82) is 0 Å². The van der Waals surface area contributed by atoms with Crippen LogP contribution in [-0.4, -0.2) is 50.0 Å². The zero-order valence-electron chi connectivity index (χ0n) is 9.66. The molecule has 0 amide bonds. The van der Waals surface area contributed by atoms with E-state index in [-0.39, 0.29) is 6.42 Å². The molecule has 1 unspecified atom stereocenters. The maximum atomic E-state index is 11.3. The first-order valence-corrected chi connectivity index (χ1v) is 4.87. The second kappa shape index (κ2) is 5.83. The van der Waals surface area contributed by atoms with E-state index in [1.165, 1.54) is 6.92 Å². The highest BCUT2D eigenvalue weighted by atomic mass is 16.5. The molecule has 0 fully saturated rings. The van der Waals surface area contributed by atoms with Gasteiger partial charge in [-0.05, 0) is 13.0 Å². The second-order valence-corrected chi connectivity index (χ2v) is 3.89. The highest BCUT2D eigenvalue weighted by Crippen LogP contribution is 2.20. The predicted molar refractivity (Wildman–Crippen MR) is 58.0 cm³/mol. The number of ketones is 1. The molecule has 0 bridgehead atoms. The topological polar surface area (TPSA) is 158 Å². The monoisotopic (exact) mass is 261 g/mol. The summed E-state index contributed by atoms with van der Waals surface area (Å²) in [6.07, 6.45) is 0.332. The van der Waals surface area contributed by atoms with Gasteiger partial charge in [-0.3, -0.25) is 10.5 Å². The maximum Gasteiger partial charge on any atom is 0.356 e. The molecule has 0 saturated heterocycles. The van der Waals surface area contributed by atoms with Gasteiger partial charge in [-0.15, -0.1) is 0 Å². The van der Waals surface area contributed by atoms with E-state index in [0.29, 0.717) is 11.9 Å². The van der Waals surface area contributed by atoms with Crippen LogP contribution in [0, 0.1) is 0 Å². The molecule has 0 aromatic rings. The Kier molecular flexibility index (Phi) is 5.30. The average Bonchev–Trinajstić information content (AvgIpc) is 2.15. The van der Waals surface area contributed by atoms with Crippen LogP contribution in [0.1, 0.15) is 19.8 Å². The number of allylic oxidation sites excluding steroid dienone is 2. The van der Waals surface area contributed by atoms with Crippen LogP contribution in [0.25, 0.3) is 0 Å². The minimum Gasteiger partial charge on any atom is -0.478 e. The molecule has 0 aliphatic carbocycles. The van der Waals surface area contributed by atoms with Crippen molar-refractivity contribution in [3.8, 4) is 0 Å². The summed E-state index contributed by atoms with van der Waals surface area (Å²) in [5, 5.41) is 36.3. The molecule has 8 heteroatoms. The molecule has 6 N–H and O–H groups in total. The van der Waals surface area contributed by atoms with Crippen molar-refractivity contribution in [1.82, 2.24) is 0 Å². The van der Waals surface area contributed by atoms with E-state index in [4.69, 9.17) is 15.9 Å². The number of aldehydes is 1. The van der Waals surface area contributed by atoms with Crippen LogP contribution in [-0.2, 0) is 14.4 Å². The van der Waals surface area contributed by atoms with Crippen LogP contribution in [0.15, 0.2) is 11.6 Å². The van der Waals surface area contributed by atoms with E-state index in [9.17, 15) is 24.6 Å². The summed E-state index contributed by atoms with van der Waals surface area (Å²) in [6.45, 7) is 1.45. The molecular weight excluding hydrogens is 246 g/mol. The Morgan fingerprint density at radius 1 is 1.28 bits per heavy atom. The minimum atomic E-state index is -3.38. The molecule has 0 saturated carbocycles. The largest absolute Gasteiger partial charge is 0.478 e. The van der Waals surface area contributed by atoms with Gasteiger partial charge in [0.25, 0.3) is 5.72 Å². The van der Waals surface area contributed by atoms with Crippen LogP contribution in [0.2, 0.25) is 0 Å². The molecule has 0 spiro atoms. The third-order valence-corrected chi connectivity index (χ3v) is 2.17. The first-order valence-electron chi connectivity index (χ1n) is 4.87. The van der Waals surface area contributed by atoms with Gasteiger partial charge in [0.1, 0.15) is 6.29 Å². The standard InChI is InChI=1S/C10H15NO7/c1-6(2-3-12)4-7(13)5-9(16,17)10(11,18)8(14)15/h3-4,16-18H,2,5,11H2,1H3,(H,14,15)/b6-4-. The Labute approximate surface area is 102 Å². The van der Waals surface area contributed by atoms with Gasteiger partial charge in [-0.1, -0.05) is 5.57 Å². The Hall–Kier alpha value is -1.61. The summed E-state index contributed by atoms with van der Waals surface area (Å²) in [5.74, 6) is -6.30. The summed E-state index contributed by atoms with van der Waals surface area (Å²) in [4.78, 5) is 32.0. The van der Waals surface area contributed by atoms with Crippen LogP contribution in [0.3, 0.4) is 0 Å². The lowest BCUT2D eigenvalue weighted by molar-refractivity contribution is -0.270. The molecule has 0 aromatic heterocycles. The quantitative estimate of drug-likeness (QED) is 0.198. The first-order chi connectivity index (χ1) is 8.04. The van der Waals surface area contributed by atoms with Gasteiger partial charge in [0.2, 0.25) is 5.79 Å². The molecule has 0 radical (unpaired) electrons. The number of carboxylic acids is 1. The van der Waals surface area contributed by atoms with Gasteiger partial charge < -0.3 is 25.2 Å². The highest BCUT2D eigenvalue weighted by Gasteiger charge is 2.52. The van der Waals surface area contributed by atoms with Crippen LogP contribution in [0.4, 0.5) is 0 Å². The van der Waals surface area contributed by atoms with Crippen LogP contribution < -0.4 is 5.73 Å². The lowest BCUT2D eigenvalue weighted by atomic mass is 9.97. The Morgan fingerprint density at radius 2 is 1.78 bits per heavy atom. The third-order valence-electron chi connectivity index (χ3n) is 2.17. The number of carboxylic acid groups (broad SMARTS) is 1. The maximum absolute atomic E-state index is 11.3. The molecule has 0 aromatic carbocycles. The van der Waals surface area contributed by atoms with E-state index in [2.05, 4.69) is 0 Å². The summed E-state index contributed by atoms with van der Waals surface area (Å²) < 4.78 is 0. The van der Waals surface area contributed by atoms with Gasteiger partial charge in [0.05, 0.1) is 6.42 Å². The number of aliphatic hydroxyl groups is 3. The second-order valence-electron chi connectivity index (χ2n) is 3.89. The molecule has 1 atom stereocenters. The van der Waals surface area contributed by atoms with Gasteiger partial charge in [0, 0.05) is 6.42 Å². The Bertz CT molecular complexity index is 384. The number of rotatable bonds is 7. The Balaban J connectivity index is 4.89. The fraction of sp³-hybridized carbons (Fsp3) is 0.500. The van der Waals surface area contributed by atoms with Crippen molar-refractivity contribution >= 4 is 18.0 Å². The van der Waals surface area contributed by atoms with Gasteiger partial charge >= 0.3 is 5.97 Å². The molecule has 0 rings (SSSR count).